The number of amides is 8. The van der Waals surface area contributed by atoms with Gasteiger partial charge in [0.25, 0.3) is 10.9 Å². The molecule has 5 rings (SSSR count). The number of aromatic amines is 1. The van der Waals surface area contributed by atoms with Crippen LogP contribution in [-0.4, -0.2) is 170 Å². The van der Waals surface area contributed by atoms with Gasteiger partial charge in [0, 0.05) is 57.2 Å². The highest BCUT2D eigenvalue weighted by atomic mass is 16.5. The number of guanidine groups is 1. The van der Waals surface area contributed by atoms with Crippen LogP contribution in [0.4, 0.5) is 5.69 Å². The minimum absolute atomic E-state index is 0.0184. The Morgan fingerprint density at radius 1 is 0.714 bits per heavy atom. The number of aliphatic imine (C=N–C) groups is 1. The number of carbonyl (C=O) groups excluding carboxylic acids is 8. The van der Waals surface area contributed by atoms with Gasteiger partial charge in [-0.3, -0.25) is 57.7 Å². The summed E-state index contributed by atoms with van der Waals surface area (Å²) in [6.45, 7) is 6.98. The third-order valence-electron chi connectivity index (χ3n) is 15.4. The summed E-state index contributed by atoms with van der Waals surface area (Å²) in [4.78, 5) is 174. The van der Waals surface area contributed by atoms with Gasteiger partial charge in [-0.15, -0.1) is 0 Å². The lowest BCUT2D eigenvalue weighted by atomic mass is 9.96. The van der Waals surface area contributed by atoms with Crippen molar-refractivity contribution in [2.75, 3.05) is 32.1 Å². The number of ether oxygens (including phenoxy) is 1. The van der Waals surface area contributed by atoms with Crippen molar-refractivity contribution in [3.63, 3.8) is 0 Å². The first-order chi connectivity index (χ1) is 43.3. The lowest BCUT2D eigenvalue weighted by Gasteiger charge is -2.32. The maximum absolute atomic E-state index is 14.8. The van der Waals surface area contributed by atoms with E-state index < -0.39 is 137 Å². The standard InChI is InChI=1S/C61H84N14O16/c1-6-34(4)48(58(87)71-42(29-37-31-64-32-67-37)59(88)75-26-14-18-44(75)56(85)72-43(60(89)90)28-35-15-9-7-10-16-35)74-55(84)40(27-36-20-22-38(76)23-21-36)70-57(86)47(33(2)3)73-53(82)39(17-13-25-66-61(62)63)69-54(83)41(30-46(78)79)68-45(77)19-11-8-12-24-65-49-50(80)51(81)52(49)91-5/h7,9-10,15-16,20-23,31-34,39-44,47-48,65,76H,6,8,11-14,17-19,24-30H2,1-5H3,(H,64,67)(H,68,77)(H,69,83)(H,70,86)(H,71,87)(H,72,85)(H,73,82)(H,74,84)(H,78,79)(H,89,90)(H4,62,63,66)/t34-,39-,40-,41-,42-,43-,44-,47-,48-/m0/s1. The van der Waals surface area contributed by atoms with Gasteiger partial charge in [0.1, 0.15) is 59.8 Å². The van der Waals surface area contributed by atoms with Gasteiger partial charge in [-0.25, -0.2) is 9.78 Å². The molecule has 2 heterocycles. The van der Waals surface area contributed by atoms with Gasteiger partial charge in [0.05, 0.1) is 19.9 Å². The quantitative estimate of drug-likeness (QED) is 0.0112. The van der Waals surface area contributed by atoms with Gasteiger partial charge >= 0.3 is 11.9 Å². The van der Waals surface area contributed by atoms with Crippen LogP contribution in [-0.2, 0) is 67.2 Å². The summed E-state index contributed by atoms with van der Waals surface area (Å²) < 4.78 is 4.91. The molecule has 16 N–H and O–H groups in total. The largest absolute Gasteiger partial charge is 0.508 e. The molecule has 0 aliphatic carbocycles. The normalized spacial score (nSPS) is 15.5. The maximum Gasteiger partial charge on any atom is 0.326 e. The molecule has 0 saturated carbocycles. The molecule has 1 fully saturated rings. The van der Waals surface area contributed by atoms with Crippen LogP contribution in [0.3, 0.4) is 0 Å². The number of phenols is 1. The molecule has 494 valence electrons. The number of aromatic hydroxyl groups is 1. The number of nitrogens with one attached hydrogen (secondary N) is 9. The first-order valence-electron chi connectivity index (χ1n) is 30.1. The van der Waals surface area contributed by atoms with E-state index in [-0.39, 0.29) is 94.1 Å². The number of anilines is 1. The Hall–Kier alpha value is -9.90. The first-order valence-corrected chi connectivity index (χ1v) is 30.1. The van der Waals surface area contributed by atoms with Crippen LogP contribution in [0, 0.1) is 11.8 Å². The summed E-state index contributed by atoms with van der Waals surface area (Å²) in [5.74, 6) is -11.1. The van der Waals surface area contributed by atoms with Gasteiger partial charge in [0.15, 0.2) is 11.7 Å². The molecule has 1 aliphatic rings. The van der Waals surface area contributed by atoms with Crippen molar-refractivity contribution in [2.24, 2.45) is 28.3 Å². The number of nitrogens with zero attached hydrogens (tertiary/aromatic N) is 3. The van der Waals surface area contributed by atoms with E-state index in [1.54, 1.807) is 58.0 Å². The number of H-pyrrole nitrogens is 1. The van der Waals surface area contributed by atoms with Gasteiger partial charge in [-0.1, -0.05) is 83.0 Å². The Bertz CT molecular complexity index is 3240. The topological polar surface area (TPSA) is 467 Å². The molecule has 1 aromatic heterocycles. The average Bonchev–Trinajstić information content (AvgIpc) is 1.02. The van der Waals surface area contributed by atoms with E-state index in [0.717, 1.165) is 0 Å². The Morgan fingerprint density at radius 2 is 1.34 bits per heavy atom. The van der Waals surface area contributed by atoms with Crippen LogP contribution in [0.25, 0.3) is 0 Å². The summed E-state index contributed by atoms with van der Waals surface area (Å²) in [6, 6.07) is 3.23. The van der Waals surface area contributed by atoms with E-state index >= 15 is 0 Å². The van der Waals surface area contributed by atoms with Crippen LogP contribution in [0.1, 0.15) is 109 Å². The molecule has 4 aromatic rings. The number of rotatable bonds is 38. The number of phenolic OH excluding ortho intramolecular Hbond substituents is 1. The van der Waals surface area contributed by atoms with Crippen LogP contribution in [0.2, 0.25) is 0 Å². The fourth-order valence-electron chi connectivity index (χ4n) is 10.2. The van der Waals surface area contributed by atoms with Crippen molar-refractivity contribution in [3.05, 3.63) is 104 Å². The fourth-order valence-corrected chi connectivity index (χ4v) is 10.2. The zero-order valence-corrected chi connectivity index (χ0v) is 51.6. The number of hydrogen-bond donors (Lipinski definition) is 14. The summed E-state index contributed by atoms with van der Waals surface area (Å²) in [5, 5.41) is 51.2. The highest BCUT2D eigenvalue weighted by molar-refractivity contribution is 5.99. The molecule has 0 spiro atoms. The Balaban J connectivity index is 1.32. The average molecular weight is 1270 g/mol. The minimum Gasteiger partial charge on any atom is -0.508 e. The van der Waals surface area contributed by atoms with Crippen LogP contribution >= 0.6 is 0 Å². The Morgan fingerprint density at radius 3 is 1.97 bits per heavy atom. The number of likely N-dealkylation sites (tertiary alicyclic amines) is 1. The van der Waals surface area contributed by atoms with Gasteiger partial charge in [-0.2, -0.15) is 0 Å². The molecule has 0 radical (unpaired) electrons. The maximum atomic E-state index is 14.8. The van der Waals surface area contributed by atoms with E-state index in [4.69, 9.17) is 16.2 Å². The number of hydrogen-bond acceptors (Lipinski definition) is 17. The molecule has 30 nitrogen and oxygen atoms in total. The van der Waals surface area contributed by atoms with E-state index in [2.05, 4.69) is 57.5 Å². The number of benzene rings is 2. The van der Waals surface area contributed by atoms with Gasteiger partial charge in [0.2, 0.25) is 47.3 Å². The number of methoxy groups -OCH3 is 1. The molecule has 3 aromatic carbocycles. The fraction of sp³-hybridized carbons (Fsp3) is 0.508. The van der Waals surface area contributed by atoms with Crippen LogP contribution in [0.15, 0.2) is 81.7 Å². The van der Waals surface area contributed by atoms with Crippen molar-refractivity contribution < 1.29 is 68.0 Å². The third kappa shape index (κ3) is 22.0. The monoisotopic (exact) mass is 1270 g/mol. The molecular formula is C61H84N14O16. The predicted octanol–water partition coefficient (Wildman–Crippen LogP) is -0.880. The number of carbonyl (C=O) groups is 10. The molecule has 1 saturated heterocycles. The number of unbranched alkanes of at least 4 members (excludes halogenated alkanes) is 2. The second kappa shape index (κ2) is 35.3. The van der Waals surface area contributed by atoms with Crippen molar-refractivity contribution in [2.45, 2.75) is 160 Å². The number of carboxylic acid groups (broad SMARTS) is 2. The summed E-state index contributed by atoms with van der Waals surface area (Å²) >= 11 is 0. The molecule has 0 unspecified atom stereocenters. The zero-order chi connectivity index (χ0) is 66.9. The highest BCUT2D eigenvalue weighted by Crippen LogP contribution is 2.22. The Kier molecular flexibility index (Phi) is 27.9. The predicted molar refractivity (Wildman–Crippen MR) is 331 cm³/mol. The van der Waals surface area contributed by atoms with Crippen LogP contribution < -0.4 is 69.6 Å². The number of imidazole rings is 1. The SMILES string of the molecule is CC[C@H](C)[C@H](NC(=O)[C@H](Cc1ccc(O)cc1)NC(=O)[C@@H](NC(=O)[C@H](CCCN=C(N)N)NC(=O)[C@H](CC(=O)O)NC(=O)CCCCCNc1c(OC)c(=O)c1=O)C(C)C)C(=O)N[C@@H](Cc1cnc[nH]1)C(=O)N1CCC[C@H]1C(=O)N[C@@H](Cc1ccccc1)C(=O)O. The lowest BCUT2D eigenvalue weighted by molar-refractivity contribution is -0.145. The van der Waals surface area contributed by atoms with Crippen molar-refractivity contribution in [1.29, 1.82) is 0 Å². The molecule has 30 heteroatoms. The Labute approximate surface area is 525 Å². The summed E-state index contributed by atoms with van der Waals surface area (Å²) in [6.07, 6.45) is 3.43. The second-order valence-corrected chi connectivity index (χ2v) is 22.7. The van der Waals surface area contributed by atoms with E-state index in [9.17, 15) is 72.9 Å². The smallest absolute Gasteiger partial charge is 0.326 e. The summed E-state index contributed by atoms with van der Waals surface area (Å²) in [5.41, 5.74) is 11.2. The minimum atomic E-state index is -1.67. The second-order valence-electron chi connectivity index (χ2n) is 22.7. The highest BCUT2D eigenvalue weighted by Gasteiger charge is 2.41. The third-order valence-corrected chi connectivity index (χ3v) is 15.4. The number of aliphatic carboxylic acids is 2. The van der Waals surface area contributed by atoms with Crippen molar-refractivity contribution in [3.8, 4) is 11.5 Å². The summed E-state index contributed by atoms with van der Waals surface area (Å²) in [7, 11) is 1.26. The van der Waals surface area contributed by atoms with Gasteiger partial charge in [-0.05, 0) is 73.6 Å². The van der Waals surface area contributed by atoms with Gasteiger partial charge < -0.3 is 83.9 Å². The lowest BCUT2D eigenvalue weighted by Crippen LogP contribution is -2.62. The molecule has 91 heavy (non-hydrogen) atoms. The molecular weight excluding hydrogens is 1180 g/mol. The van der Waals surface area contributed by atoms with E-state index in [0.29, 0.717) is 42.5 Å². The number of carboxylic acids is 2. The molecule has 1 aliphatic heterocycles. The van der Waals surface area contributed by atoms with E-state index in [1.165, 1.54) is 48.8 Å². The van der Waals surface area contributed by atoms with Crippen molar-refractivity contribution in [1.82, 2.24) is 52.1 Å². The van der Waals surface area contributed by atoms with Crippen molar-refractivity contribution >= 4 is 70.8 Å². The molecule has 9 atom stereocenters. The first kappa shape index (κ1) is 71.8. The number of aromatic nitrogens is 2. The van der Waals surface area contributed by atoms with E-state index in [1.807, 2.05) is 0 Å². The zero-order valence-electron chi connectivity index (χ0n) is 51.6. The number of nitrogens with two attached hydrogens (primary N) is 2. The van der Waals surface area contributed by atoms with Crippen LogP contribution in [0.5, 0.6) is 11.5 Å². The molecule has 0 bridgehead atoms. The molecule has 8 amide bonds.